The largest absolute Gasteiger partial charge is 0.298 e. The minimum Gasteiger partial charge on any atom is -0.298 e. The number of carbonyl (C=O) groups is 1. The molecule has 1 nitrogen and oxygen atoms in total. The quantitative estimate of drug-likeness (QED) is 0.455. The molecule has 0 bridgehead atoms. The molecule has 0 aliphatic heterocycles. The van der Waals surface area contributed by atoms with Crippen molar-refractivity contribution in [2.24, 2.45) is 0 Å². The Morgan fingerprint density at radius 3 is 2.21 bits per heavy atom. The zero-order valence-electron chi connectivity index (χ0n) is 9.59. The molecule has 0 fully saturated rings. The van der Waals surface area contributed by atoms with Crippen molar-refractivity contribution in [3.8, 4) is 0 Å². The van der Waals surface area contributed by atoms with E-state index in [0.717, 1.165) is 25.7 Å². The number of ketones is 1. The Labute approximate surface area is 94.1 Å². The maximum absolute atomic E-state index is 11.5. The van der Waals surface area contributed by atoms with Crippen molar-refractivity contribution in [1.82, 2.24) is 0 Å². The summed E-state index contributed by atoms with van der Waals surface area (Å²) in [6, 6.07) is 0. The molecule has 0 aliphatic carbocycles. The number of hydrogen-bond acceptors (Lipinski definition) is 2. The van der Waals surface area contributed by atoms with E-state index in [9.17, 15) is 4.79 Å². The van der Waals surface area contributed by atoms with Crippen LogP contribution in [0.5, 0.6) is 0 Å². The second-order valence-corrected chi connectivity index (χ2v) is 4.56. The average molecular weight is 216 g/mol. The topological polar surface area (TPSA) is 17.1 Å². The molecule has 0 spiro atoms. The number of thiol groups is 1. The van der Waals surface area contributed by atoms with Gasteiger partial charge >= 0.3 is 0 Å². The first kappa shape index (κ1) is 14.0. The van der Waals surface area contributed by atoms with Crippen LogP contribution in [-0.2, 0) is 4.79 Å². The summed E-state index contributed by atoms with van der Waals surface area (Å²) in [6.07, 6.45) is 8.66. The van der Waals surface area contributed by atoms with E-state index in [1.165, 1.54) is 25.7 Å². The molecule has 1 atom stereocenters. The van der Waals surface area contributed by atoms with E-state index in [1.54, 1.807) is 0 Å². The van der Waals surface area contributed by atoms with E-state index in [-0.39, 0.29) is 5.25 Å². The summed E-state index contributed by atoms with van der Waals surface area (Å²) in [4.78, 5) is 11.5. The van der Waals surface area contributed by atoms with E-state index in [0.29, 0.717) is 5.78 Å². The molecule has 0 rings (SSSR count). The molecule has 1 unspecified atom stereocenters. The van der Waals surface area contributed by atoms with Crippen LogP contribution in [0.25, 0.3) is 0 Å². The van der Waals surface area contributed by atoms with E-state index in [4.69, 9.17) is 0 Å². The highest BCUT2D eigenvalue weighted by Gasteiger charge is 2.12. The summed E-state index contributed by atoms with van der Waals surface area (Å²) >= 11 is 4.35. The van der Waals surface area contributed by atoms with Crippen LogP contribution in [0.15, 0.2) is 0 Å². The molecule has 0 amide bonds. The smallest absolute Gasteiger partial charge is 0.145 e. The van der Waals surface area contributed by atoms with E-state index < -0.39 is 0 Å². The highest BCUT2D eigenvalue weighted by atomic mass is 32.1. The molecule has 0 aliphatic rings. The maximum Gasteiger partial charge on any atom is 0.145 e. The Kier molecular flexibility index (Phi) is 9.58. The molecule has 2 heteroatoms. The van der Waals surface area contributed by atoms with E-state index >= 15 is 0 Å². The molecule has 14 heavy (non-hydrogen) atoms. The van der Waals surface area contributed by atoms with Crippen LogP contribution in [-0.4, -0.2) is 11.0 Å². The Bertz CT molecular complexity index is 145. The molecule has 0 radical (unpaired) electrons. The summed E-state index contributed by atoms with van der Waals surface area (Å²) in [5.41, 5.74) is 0. The minimum atomic E-state index is -0.00148. The second-order valence-electron chi connectivity index (χ2n) is 3.93. The SMILES string of the molecule is CCCCCC(=O)C(S)CCCCC. The summed E-state index contributed by atoms with van der Waals surface area (Å²) in [5.74, 6) is 0.345. The van der Waals surface area contributed by atoms with Crippen LogP contribution in [0.3, 0.4) is 0 Å². The molecule has 0 saturated carbocycles. The van der Waals surface area contributed by atoms with Gasteiger partial charge in [0, 0.05) is 6.42 Å². The fourth-order valence-electron chi connectivity index (χ4n) is 1.46. The van der Waals surface area contributed by atoms with Gasteiger partial charge in [-0.15, -0.1) is 0 Å². The average Bonchev–Trinajstić information content (AvgIpc) is 2.18. The van der Waals surface area contributed by atoms with Crippen molar-refractivity contribution in [3.05, 3.63) is 0 Å². The van der Waals surface area contributed by atoms with Crippen molar-refractivity contribution in [2.45, 2.75) is 70.5 Å². The lowest BCUT2D eigenvalue weighted by atomic mass is 10.0. The van der Waals surface area contributed by atoms with Gasteiger partial charge in [0.2, 0.25) is 0 Å². The fraction of sp³-hybridized carbons (Fsp3) is 0.917. The summed E-state index contributed by atoms with van der Waals surface area (Å²) in [6.45, 7) is 4.33. The van der Waals surface area contributed by atoms with Gasteiger partial charge in [-0.25, -0.2) is 0 Å². The molecule has 0 N–H and O–H groups in total. The predicted octanol–water partition coefficient (Wildman–Crippen LogP) is 4.01. The van der Waals surface area contributed by atoms with Gasteiger partial charge in [0.05, 0.1) is 5.25 Å². The van der Waals surface area contributed by atoms with Crippen molar-refractivity contribution in [3.63, 3.8) is 0 Å². The molecule has 0 aromatic rings. The maximum atomic E-state index is 11.5. The predicted molar refractivity (Wildman–Crippen MR) is 66.1 cm³/mol. The first-order valence-electron chi connectivity index (χ1n) is 5.93. The van der Waals surface area contributed by atoms with Gasteiger partial charge in [-0.3, -0.25) is 4.79 Å². The molecular formula is C12H24OS. The van der Waals surface area contributed by atoms with Gasteiger partial charge in [0.1, 0.15) is 5.78 Å². The fourth-order valence-corrected chi connectivity index (χ4v) is 1.78. The van der Waals surface area contributed by atoms with Crippen molar-refractivity contribution in [2.75, 3.05) is 0 Å². The summed E-state index contributed by atoms with van der Waals surface area (Å²) < 4.78 is 0. The van der Waals surface area contributed by atoms with E-state index in [2.05, 4.69) is 26.5 Å². The molecule has 0 heterocycles. The first-order valence-corrected chi connectivity index (χ1v) is 6.44. The summed E-state index contributed by atoms with van der Waals surface area (Å²) in [5, 5.41) is -0.00148. The number of carbonyl (C=O) groups excluding carboxylic acids is 1. The number of unbranched alkanes of at least 4 members (excludes halogenated alkanes) is 4. The van der Waals surface area contributed by atoms with Crippen LogP contribution in [0, 0.1) is 0 Å². The third-order valence-electron chi connectivity index (χ3n) is 2.48. The normalized spacial score (nSPS) is 12.8. The zero-order valence-corrected chi connectivity index (χ0v) is 10.5. The third kappa shape index (κ3) is 7.43. The zero-order chi connectivity index (χ0) is 10.8. The van der Waals surface area contributed by atoms with Crippen LogP contribution < -0.4 is 0 Å². The van der Waals surface area contributed by atoms with Crippen LogP contribution in [0.2, 0.25) is 0 Å². The molecule has 0 saturated heterocycles. The Morgan fingerprint density at radius 2 is 1.64 bits per heavy atom. The number of Topliss-reactive ketones (excluding diaryl/α,β-unsaturated/α-hetero) is 1. The standard InChI is InChI=1S/C12H24OS/c1-3-5-7-9-11(13)12(14)10-8-6-4-2/h12,14H,3-10H2,1-2H3. The van der Waals surface area contributed by atoms with Crippen molar-refractivity contribution in [1.29, 1.82) is 0 Å². The second kappa shape index (κ2) is 9.57. The van der Waals surface area contributed by atoms with Crippen molar-refractivity contribution >= 4 is 18.4 Å². The minimum absolute atomic E-state index is 0.00148. The van der Waals surface area contributed by atoms with Crippen LogP contribution in [0.4, 0.5) is 0 Å². The van der Waals surface area contributed by atoms with Crippen LogP contribution >= 0.6 is 12.6 Å². The van der Waals surface area contributed by atoms with Gasteiger partial charge in [-0.1, -0.05) is 46.0 Å². The van der Waals surface area contributed by atoms with Gasteiger partial charge in [-0.05, 0) is 12.8 Å². The van der Waals surface area contributed by atoms with Gasteiger partial charge in [-0.2, -0.15) is 12.6 Å². The lowest BCUT2D eigenvalue weighted by Gasteiger charge is -2.08. The lowest BCUT2D eigenvalue weighted by Crippen LogP contribution is -2.14. The lowest BCUT2D eigenvalue weighted by molar-refractivity contribution is -0.118. The van der Waals surface area contributed by atoms with Gasteiger partial charge in [0.15, 0.2) is 0 Å². The number of rotatable bonds is 9. The monoisotopic (exact) mass is 216 g/mol. The Morgan fingerprint density at radius 1 is 1.07 bits per heavy atom. The van der Waals surface area contributed by atoms with Gasteiger partial charge < -0.3 is 0 Å². The van der Waals surface area contributed by atoms with E-state index in [1.807, 2.05) is 0 Å². The highest BCUT2D eigenvalue weighted by molar-refractivity contribution is 7.81. The molecule has 84 valence electrons. The molecule has 0 aromatic heterocycles. The van der Waals surface area contributed by atoms with Crippen molar-refractivity contribution < 1.29 is 4.79 Å². The van der Waals surface area contributed by atoms with Crippen LogP contribution in [0.1, 0.15) is 65.2 Å². The Hall–Kier alpha value is 0.0200. The third-order valence-corrected chi connectivity index (χ3v) is 3.03. The highest BCUT2D eigenvalue weighted by Crippen LogP contribution is 2.13. The van der Waals surface area contributed by atoms with Gasteiger partial charge in [0.25, 0.3) is 0 Å². The molecular weight excluding hydrogens is 192 g/mol. The number of hydrogen-bond donors (Lipinski definition) is 1. The summed E-state index contributed by atoms with van der Waals surface area (Å²) in [7, 11) is 0. The first-order chi connectivity index (χ1) is 6.72. The Balaban J connectivity index is 3.44. The molecule has 0 aromatic carbocycles.